The minimum Gasteiger partial charge on any atom is -0.396 e. The van der Waals surface area contributed by atoms with Gasteiger partial charge in [-0.15, -0.1) is 0 Å². The van der Waals surface area contributed by atoms with Gasteiger partial charge < -0.3 is 10.4 Å². The normalized spacial score (nSPS) is 14.4. The van der Waals surface area contributed by atoms with Crippen LogP contribution in [0.2, 0.25) is 0 Å². The molecule has 0 spiro atoms. The largest absolute Gasteiger partial charge is 0.396 e. The van der Waals surface area contributed by atoms with E-state index in [2.05, 4.69) is 12.2 Å². The summed E-state index contributed by atoms with van der Waals surface area (Å²) < 4.78 is 26.7. The van der Waals surface area contributed by atoms with Gasteiger partial charge in [0, 0.05) is 18.2 Å². The zero-order valence-corrected chi connectivity index (χ0v) is 11.6. The third-order valence-corrected chi connectivity index (χ3v) is 3.37. The SMILES string of the molecule is CCCC(CCO)CNC(C)c1cc(F)ccc1F. The van der Waals surface area contributed by atoms with E-state index in [-0.39, 0.29) is 12.6 Å². The first kappa shape index (κ1) is 16.1. The van der Waals surface area contributed by atoms with E-state index in [1.807, 2.05) is 6.92 Å². The van der Waals surface area contributed by atoms with Crippen molar-refractivity contribution in [3.8, 4) is 0 Å². The zero-order valence-electron chi connectivity index (χ0n) is 11.6. The number of halogens is 2. The number of rotatable bonds is 8. The number of aliphatic hydroxyl groups is 1. The molecule has 1 aromatic carbocycles. The van der Waals surface area contributed by atoms with Crippen molar-refractivity contribution >= 4 is 0 Å². The molecule has 0 aliphatic heterocycles. The Hall–Kier alpha value is -1.00. The van der Waals surface area contributed by atoms with Gasteiger partial charge in [0.1, 0.15) is 11.6 Å². The molecule has 0 fully saturated rings. The third-order valence-electron chi connectivity index (χ3n) is 3.37. The van der Waals surface area contributed by atoms with Crippen molar-refractivity contribution in [2.75, 3.05) is 13.2 Å². The lowest BCUT2D eigenvalue weighted by Crippen LogP contribution is -2.27. The van der Waals surface area contributed by atoms with E-state index >= 15 is 0 Å². The fourth-order valence-electron chi connectivity index (χ4n) is 2.24. The summed E-state index contributed by atoms with van der Waals surface area (Å²) >= 11 is 0. The Bertz CT molecular complexity index is 378. The molecular weight excluding hydrogens is 248 g/mol. The Labute approximate surface area is 113 Å². The highest BCUT2D eigenvalue weighted by Gasteiger charge is 2.14. The molecule has 0 saturated carbocycles. The van der Waals surface area contributed by atoms with Gasteiger partial charge in [-0.3, -0.25) is 0 Å². The molecule has 0 aromatic heterocycles. The quantitative estimate of drug-likeness (QED) is 0.759. The van der Waals surface area contributed by atoms with E-state index in [0.29, 0.717) is 18.0 Å². The topological polar surface area (TPSA) is 32.3 Å². The molecule has 0 bridgehead atoms. The molecule has 108 valence electrons. The Morgan fingerprint density at radius 3 is 2.63 bits per heavy atom. The average Bonchev–Trinajstić information content (AvgIpc) is 2.39. The van der Waals surface area contributed by atoms with Crippen molar-refractivity contribution in [2.24, 2.45) is 5.92 Å². The third kappa shape index (κ3) is 5.25. The van der Waals surface area contributed by atoms with Gasteiger partial charge in [0.2, 0.25) is 0 Å². The maximum atomic E-state index is 13.6. The van der Waals surface area contributed by atoms with Crippen molar-refractivity contribution in [2.45, 2.75) is 39.2 Å². The van der Waals surface area contributed by atoms with Crippen LogP contribution in [0.1, 0.15) is 44.7 Å². The van der Waals surface area contributed by atoms with Gasteiger partial charge in [0.25, 0.3) is 0 Å². The number of hydrogen-bond acceptors (Lipinski definition) is 2. The highest BCUT2D eigenvalue weighted by Crippen LogP contribution is 2.19. The van der Waals surface area contributed by atoms with Crippen LogP contribution in [0.25, 0.3) is 0 Å². The molecule has 4 heteroatoms. The molecule has 2 atom stereocenters. The number of aliphatic hydroxyl groups excluding tert-OH is 1. The molecule has 2 nitrogen and oxygen atoms in total. The van der Waals surface area contributed by atoms with Crippen LogP contribution in [0.4, 0.5) is 8.78 Å². The first-order chi connectivity index (χ1) is 9.08. The molecule has 1 rings (SSSR count). The second kappa shape index (κ2) is 8.23. The maximum Gasteiger partial charge on any atom is 0.128 e. The van der Waals surface area contributed by atoms with Gasteiger partial charge in [0.05, 0.1) is 0 Å². The summed E-state index contributed by atoms with van der Waals surface area (Å²) in [4.78, 5) is 0. The molecule has 0 radical (unpaired) electrons. The van der Waals surface area contributed by atoms with Crippen LogP contribution in [-0.2, 0) is 0 Å². The van der Waals surface area contributed by atoms with E-state index < -0.39 is 11.6 Å². The van der Waals surface area contributed by atoms with Crippen LogP contribution < -0.4 is 5.32 Å². The van der Waals surface area contributed by atoms with E-state index in [1.165, 1.54) is 6.07 Å². The molecule has 2 N–H and O–H groups in total. The summed E-state index contributed by atoms with van der Waals surface area (Å²) in [6, 6.07) is 3.26. The van der Waals surface area contributed by atoms with Crippen LogP contribution in [0, 0.1) is 17.6 Å². The summed E-state index contributed by atoms with van der Waals surface area (Å²) in [6.07, 6.45) is 2.81. The second-order valence-corrected chi connectivity index (χ2v) is 4.96. The van der Waals surface area contributed by atoms with Crippen LogP contribution in [-0.4, -0.2) is 18.3 Å². The smallest absolute Gasteiger partial charge is 0.128 e. The van der Waals surface area contributed by atoms with Gasteiger partial charge in [-0.25, -0.2) is 8.78 Å². The Morgan fingerprint density at radius 2 is 2.00 bits per heavy atom. The number of benzene rings is 1. The fraction of sp³-hybridized carbons (Fsp3) is 0.600. The summed E-state index contributed by atoms with van der Waals surface area (Å²) in [7, 11) is 0. The lowest BCUT2D eigenvalue weighted by molar-refractivity contribution is 0.245. The summed E-state index contributed by atoms with van der Waals surface area (Å²) in [5.41, 5.74) is 0.347. The molecule has 0 amide bonds. The first-order valence-corrected chi connectivity index (χ1v) is 6.87. The van der Waals surface area contributed by atoms with Crippen LogP contribution >= 0.6 is 0 Å². The van der Waals surface area contributed by atoms with Crippen LogP contribution in [0.15, 0.2) is 18.2 Å². The molecule has 1 aromatic rings. The van der Waals surface area contributed by atoms with Gasteiger partial charge >= 0.3 is 0 Å². The van der Waals surface area contributed by atoms with E-state index in [9.17, 15) is 8.78 Å². The number of nitrogens with one attached hydrogen (secondary N) is 1. The van der Waals surface area contributed by atoms with E-state index in [4.69, 9.17) is 5.11 Å². The summed E-state index contributed by atoms with van der Waals surface area (Å²) in [5.74, 6) is -0.449. The minimum absolute atomic E-state index is 0.162. The van der Waals surface area contributed by atoms with E-state index in [1.54, 1.807) is 0 Å². The minimum atomic E-state index is -0.425. The fourth-order valence-corrected chi connectivity index (χ4v) is 2.24. The lowest BCUT2D eigenvalue weighted by Gasteiger charge is -2.20. The van der Waals surface area contributed by atoms with Gasteiger partial charge in [-0.05, 0) is 50.4 Å². The Balaban J connectivity index is 2.58. The Kier molecular flexibility index (Phi) is 6.95. The van der Waals surface area contributed by atoms with Gasteiger partial charge in [-0.1, -0.05) is 13.3 Å². The Morgan fingerprint density at radius 1 is 1.26 bits per heavy atom. The standard InChI is InChI=1S/C15H23F2NO/c1-3-4-12(7-8-19)10-18-11(2)14-9-13(16)5-6-15(14)17/h5-6,9,11-12,18-19H,3-4,7-8,10H2,1-2H3. The molecule has 19 heavy (non-hydrogen) atoms. The molecule has 2 unspecified atom stereocenters. The maximum absolute atomic E-state index is 13.6. The lowest BCUT2D eigenvalue weighted by atomic mass is 9.99. The van der Waals surface area contributed by atoms with Crippen molar-refractivity contribution in [3.05, 3.63) is 35.4 Å². The molecule has 0 aliphatic rings. The summed E-state index contributed by atoms with van der Waals surface area (Å²) in [6.45, 7) is 4.78. The van der Waals surface area contributed by atoms with Crippen molar-refractivity contribution in [1.29, 1.82) is 0 Å². The summed E-state index contributed by atoms with van der Waals surface area (Å²) in [5, 5.41) is 12.2. The monoisotopic (exact) mass is 271 g/mol. The van der Waals surface area contributed by atoms with E-state index in [0.717, 1.165) is 31.4 Å². The number of hydrogen-bond donors (Lipinski definition) is 2. The predicted molar refractivity (Wildman–Crippen MR) is 72.9 cm³/mol. The predicted octanol–water partition coefficient (Wildman–Crippen LogP) is 3.41. The first-order valence-electron chi connectivity index (χ1n) is 6.87. The highest BCUT2D eigenvalue weighted by molar-refractivity contribution is 5.21. The average molecular weight is 271 g/mol. The highest BCUT2D eigenvalue weighted by atomic mass is 19.1. The van der Waals surface area contributed by atoms with Crippen molar-refractivity contribution in [3.63, 3.8) is 0 Å². The van der Waals surface area contributed by atoms with Crippen LogP contribution in [0.5, 0.6) is 0 Å². The molecular formula is C15H23F2NO. The molecule has 0 aliphatic carbocycles. The molecule has 0 heterocycles. The van der Waals surface area contributed by atoms with Crippen molar-refractivity contribution in [1.82, 2.24) is 5.32 Å². The zero-order chi connectivity index (χ0) is 14.3. The van der Waals surface area contributed by atoms with Gasteiger partial charge in [-0.2, -0.15) is 0 Å². The van der Waals surface area contributed by atoms with Crippen molar-refractivity contribution < 1.29 is 13.9 Å². The molecule has 0 saturated heterocycles. The van der Waals surface area contributed by atoms with Gasteiger partial charge in [0.15, 0.2) is 0 Å². The van der Waals surface area contributed by atoms with Crippen LogP contribution in [0.3, 0.4) is 0 Å². The second-order valence-electron chi connectivity index (χ2n) is 4.96.